The van der Waals surface area contributed by atoms with E-state index in [1.807, 2.05) is 0 Å². The minimum absolute atomic E-state index is 0. The summed E-state index contributed by atoms with van der Waals surface area (Å²) in [5.41, 5.74) is 0. The lowest BCUT2D eigenvalue weighted by molar-refractivity contribution is 0.213. The summed E-state index contributed by atoms with van der Waals surface area (Å²) >= 11 is 0. The van der Waals surface area contributed by atoms with Gasteiger partial charge < -0.3 is 4.74 Å². The van der Waals surface area contributed by atoms with E-state index in [9.17, 15) is 8.42 Å². The maximum Gasteiger partial charge on any atom is 0.216 e. The molecule has 0 amide bonds. The third-order valence-electron chi connectivity index (χ3n) is 2.68. The van der Waals surface area contributed by atoms with Gasteiger partial charge in [-0.2, -0.15) is 0 Å². The van der Waals surface area contributed by atoms with E-state index in [2.05, 4.69) is 6.92 Å². The van der Waals surface area contributed by atoms with E-state index in [4.69, 9.17) is 4.74 Å². The highest BCUT2D eigenvalue weighted by atomic mass is 32.2. The Bertz CT molecular complexity index is 256. The van der Waals surface area contributed by atoms with Crippen LogP contribution >= 0.6 is 0 Å². The van der Waals surface area contributed by atoms with Gasteiger partial charge in [-0.25, -0.2) is 12.7 Å². The second-order valence-electron chi connectivity index (χ2n) is 3.89. The van der Waals surface area contributed by atoms with Gasteiger partial charge in [0, 0.05) is 20.2 Å². The Morgan fingerprint density at radius 2 is 1.87 bits per heavy atom. The van der Waals surface area contributed by atoms with E-state index < -0.39 is 10.0 Å². The SMILES string of the molecule is C.COCCS(=O)(=O)N1CCC(C)CC1. The minimum Gasteiger partial charge on any atom is -0.384 e. The summed E-state index contributed by atoms with van der Waals surface area (Å²) in [6, 6.07) is 0. The largest absolute Gasteiger partial charge is 0.384 e. The molecule has 0 aromatic heterocycles. The van der Waals surface area contributed by atoms with Crippen molar-refractivity contribution in [1.29, 1.82) is 0 Å². The Kier molecular flexibility index (Phi) is 6.40. The van der Waals surface area contributed by atoms with Crippen LogP contribution in [0.3, 0.4) is 0 Å². The molecule has 0 N–H and O–H groups in total. The number of hydrogen-bond acceptors (Lipinski definition) is 3. The molecule has 0 spiro atoms. The molecule has 1 fully saturated rings. The number of hydrogen-bond donors (Lipinski definition) is 0. The molecule has 0 aliphatic carbocycles. The first-order chi connectivity index (χ1) is 6.56. The number of piperidine rings is 1. The summed E-state index contributed by atoms with van der Waals surface area (Å²) < 4.78 is 29.8. The first-order valence-corrected chi connectivity index (χ1v) is 6.64. The van der Waals surface area contributed by atoms with Gasteiger partial charge in [-0.05, 0) is 18.8 Å². The zero-order valence-electron chi connectivity index (χ0n) is 8.90. The maximum atomic E-state index is 11.7. The topological polar surface area (TPSA) is 46.6 Å². The van der Waals surface area contributed by atoms with Gasteiger partial charge in [0.1, 0.15) is 0 Å². The Morgan fingerprint density at radius 3 is 2.33 bits per heavy atom. The quantitative estimate of drug-likeness (QED) is 0.741. The molecule has 0 radical (unpaired) electrons. The van der Waals surface area contributed by atoms with Crippen molar-refractivity contribution in [2.75, 3.05) is 32.6 Å². The van der Waals surface area contributed by atoms with Crippen LogP contribution < -0.4 is 0 Å². The van der Waals surface area contributed by atoms with Gasteiger partial charge in [0.2, 0.25) is 10.0 Å². The van der Waals surface area contributed by atoms with Gasteiger partial charge in [-0.15, -0.1) is 0 Å². The fraction of sp³-hybridized carbons (Fsp3) is 1.00. The average molecular weight is 237 g/mol. The van der Waals surface area contributed by atoms with Crippen molar-refractivity contribution in [3.8, 4) is 0 Å². The molecule has 1 rings (SSSR count). The fourth-order valence-electron chi connectivity index (χ4n) is 1.58. The molecule has 4 nitrogen and oxygen atoms in total. The lowest BCUT2D eigenvalue weighted by Gasteiger charge is -2.29. The molecule has 0 saturated carbocycles. The van der Waals surface area contributed by atoms with Crippen LogP contribution in [0.4, 0.5) is 0 Å². The summed E-state index contributed by atoms with van der Waals surface area (Å²) in [4.78, 5) is 0. The van der Waals surface area contributed by atoms with Crippen LogP contribution in [0, 0.1) is 5.92 Å². The van der Waals surface area contributed by atoms with Gasteiger partial charge in [0.25, 0.3) is 0 Å². The number of sulfonamides is 1. The summed E-state index contributed by atoms with van der Waals surface area (Å²) in [7, 11) is -1.54. The van der Waals surface area contributed by atoms with Crippen molar-refractivity contribution in [3.63, 3.8) is 0 Å². The van der Waals surface area contributed by atoms with Gasteiger partial charge in [0.15, 0.2) is 0 Å². The zero-order valence-corrected chi connectivity index (χ0v) is 9.72. The molecule has 0 unspecified atom stereocenters. The fourth-order valence-corrected chi connectivity index (χ4v) is 2.98. The lowest BCUT2D eigenvalue weighted by Crippen LogP contribution is -2.39. The molecule has 0 atom stereocenters. The standard InChI is InChI=1S/C9H19NO3S.CH4/c1-9-3-5-10(6-4-9)14(11,12)8-7-13-2;/h9H,3-8H2,1-2H3;1H4. The molecule has 15 heavy (non-hydrogen) atoms. The van der Waals surface area contributed by atoms with Crippen molar-refractivity contribution >= 4 is 10.0 Å². The van der Waals surface area contributed by atoms with Crippen LogP contribution in [-0.4, -0.2) is 45.3 Å². The molecule has 1 aliphatic rings. The van der Waals surface area contributed by atoms with Crippen molar-refractivity contribution < 1.29 is 13.2 Å². The van der Waals surface area contributed by atoms with E-state index in [1.165, 1.54) is 7.11 Å². The Balaban J connectivity index is 0.00000196. The Labute approximate surface area is 93.7 Å². The average Bonchev–Trinajstić information content (AvgIpc) is 2.16. The summed E-state index contributed by atoms with van der Waals surface area (Å²) in [5, 5.41) is 0. The van der Waals surface area contributed by atoms with Gasteiger partial charge in [-0.3, -0.25) is 0 Å². The molecular weight excluding hydrogens is 214 g/mol. The van der Waals surface area contributed by atoms with E-state index in [1.54, 1.807) is 4.31 Å². The predicted octanol–water partition coefficient (Wildman–Crippen LogP) is 1.33. The van der Waals surface area contributed by atoms with Crippen molar-refractivity contribution in [2.45, 2.75) is 27.2 Å². The second-order valence-corrected chi connectivity index (χ2v) is 5.98. The Hall–Kier alpha value is -0.130. The molecule has 1 heterocycles. The zero-order chi connectivity index (χ0) is 10.6. The van der Waals surface area contributed by atoms with Crippen molar-refractivity contribution in [2.24, 2.45) is 5.92 Å². The van der Waals surface area contributed by atoms with Crippen molar-refractivity contribution in [3.05, 3.63) is 0 Å². The highest BCUT2D eigenvalue weighted by molar-refractivity contribution is 7.89. The third-order valence-corrected chi connectivity index (χ3v) is 4.52. The molecule has 1 aliphatic heterocycles. The normalized spacial score (nSPS) is 19.9. The van der Waals surface area contributed by atoms with Crippen LogP contribution in [0.15, 0.2) is 0 Å². The molecule has 0 aromatic carbocycles. The van der Waals surface area contributed by atoms with Crippen molar-refractivity contribution in [1.82, 2.24) is 4.31 Å². The van der Waals surface area contributed by atoms with Crippen LogP contribution in [0.1, 0.15) is 27.2 Å². The van der Waals surface area contributed by atoms with E-state index in [0.717, 1.165) is 12.8 Å². The first kappa shape index (κ1) is 14.9. The van der Waals surface area contributed by atoms with E-state index >= 15 is 0 Å². The second kappa shape index (κ2) is 6.45. The smallest absolute Gasteiger partial charge is 0.216 e. The maximum absolute atomic E-state index is 11.7. The number of nitrogens with zero attached hydrogens (tertiary/aromatic N) is 1. The van der Waals surface area contributed by atoms with Crippen LogP contribution in [0.2, 0.25) is 0 Å². The lowest BCUT2D eigenvalue weighted by atomic mass is 10.0. The highest BCUT2D eigenvalue weighted by Crippen LogP contribution is 2.18. The van der Waals surface area contributed by atoms with Gasteiger partial charge in [0.05, 0.1) is 12.4 Å². The minimum atomic E-state index is -3.06. The van der Waals surface area contributed by atoms with Gasteiger partial charge >= 0.3 is 0 Å². The number of methoxy groups -OCH3 is 1. The number of ether oxygens (including phenoxy) is 1. The van der Waals surface area contributed by atoms with Crippen LogP contribution in [-0.2, 0) is 14.8 Å². The summed E-state index contributed by atoms with van der Waals surface area (Å²) in [5.74, 6) is 0.765. The summed E-state index contributed by atoms with van der Waals surface area (Å²) in [6.45, 7) is 3.80. The number of rotatable bonds is 4. The molecule has 92 valence electrons. The van der Waals surface area contributed by atoms with E-state index in [0.29, 0.717) is 19.0 Å². The first-order valence-electron chi connectivity index (χ1n) is 5.03. The molecule has 5 heteroatoms. The van der Waals surface area contributed by atoms with E-state index in [-0.39, 0.29) is 19.8 Å². The van der Waals surface area contributed by atoms with Crippen LogP contribution in [0.5, 0.6) is 0 Å². The monoisotopic (exact) mass is 237 g/mol. The van der Waals surface area contributed by atoms with Crippen LogP contribution in [0.25, 0.3) is 0 Å². The molecule has 1 saturated heterocycles. The third kappa shape index (κ3) is 4.49. The Morgan fingerprint density at radius 1 is 1.33 bits per heavy atom. The highest BCUT2D eigenvalue weighted by Gasteiger charge is 2.25. The summed E-state index contributed by atoms with van der Waals surface area (Å²) in [6.07, 6.45) is 1.96. The van der Waals surface area contributed by atoms with Gasteiger partial charge in [-0.1, -0.05) is 14.4 Å². The molecular formula is C10H23NO3S. The predicted molar refractivity (Wildman–Crippen MR) is 62.4 cm³/mol. The molecule has 0 aromatic rings. The molecule has 0 bridgehead atoms.